The number of hydrogen-bond donors (Lipinski definition) is 1. The average molecular weight is 205 g/mol. The zero-order valence-electron chi connectivity index (χ0n) is 9.44. The predicted molar refractivity (Wildman–Crippen MR) is 62.4 cm³/mol. The summed E-state index contributed by atoms with van der Waals surface area (Å²) >= 11 is 0. The second-order valence-corrected chi connectivity index (χ2v) is 3.80. The Kier molecular flexibility index (Phi) is 4.50. The Morgan fingerprint density at radius 3 is 2.20 bits per heavy atom. The summed E-state index contributed by atoms with van der Waals surface area (Å²) in [4.78, 5) is 12.0. The number of carbonyl (C=O) groups excluding carboxylic acids is 1. The van der Waals surface area contributed by atoms with Gasteiger partial charge in [-0.1, -0.05) is 44.2 Å². The monoisotopic (exact) mass is 205 g/mol. The van der Waals surface area contributed by atoms with E-state index in [-0.39, 0.29) is 11.7 Å². The van der Waals surface area contributed by atoms with E-state index in [2.05, 4.69) is 0 Å². The van der Waals surface area contributed by atoms with Gasteiger partial charge in [0.05, 0.1) is 6.04 Å². The molecule has 2 N–H and O–H groups in total. The molecule has 0 aliphatic carbocycles. The van der Waals surface area contributed by atoms with E-state index < -0.39 is 6.04 Å². The number of rotatable bonds is 5. The molecule has 0 aromatic heterocycles. The Bertz CT molecular complexity index is 304. The fraction of sp³-hybridized carbons (Fsp3) is 0.462. The highest BCUT2D eigenvalue weighted by molar-refractivity contribution is 5.87. The summed E-state index contributed by atoms with van der Waals surface area (Å²) in [5, 5.41) is 0. The molecular formula is C13H19NO. The van der Waals surface area contributed by atoms with Gasteiger partial charge < -0.3 is 5.73 Å². The zero-order chi connectivity index (χ0) is 11.3. The molecule has 0 unspecified atom stereocenters. The Balaban J connectivity index is 2.76. The van der Waals surface area contributed by atoms with E-state index in [1.165, 1.54) is 0 Å². The van der Waals surface area contributed by atoms with E-state index in [0.717, 1.165) is 18.4 Å². The number of ketones is 1. The van der Waals surface area contributed by atoms with Crippen molar-refractivity contribution in [2.24, 2.45) is 11.7 Å². The first-order valence-corrected chi connectivity index (χ1v) is 5.54. The van der Waals surface area contributed by atoms with Crippen molar-refractivity contribution in [2.45, 2.75) is 32.7 Å². The normalized spacial score (nSPS) is 12.8. The van der Waals surface area contributed by atoms with Gasteiger partial charge in [0.2, 0.25) is 0 Å². The molecule has 0 aliphatic heterocycles. The van der Waals surface area contributed by atoms with Gasteiger partial charge in [-0.25, -0.2) is 0 Å². The summed E-state index contributed by atoms with van der Waals surface area (Å²) in [6, 6.07) is 9.11. The topological polar surface area (TPSA) is 43.1 Å². The molecule has 0 fully saturated rings. The molecule has 1 rings (SSSR count). The maximum Gasteiger partial charge on any atom is 0.157 e. The first-order valence-electron chi connectivity index (χ1n) is 5.54. The SMILES string of the molecule is CCC(CC)C(=O)[C@@H](N)c1ccccc1. The van der Waals surface area contributed by atoms with Crippen molar-refractivity contribution in [3.63, 3.8) is 0 Å². The minimum Gasteiger partial charge on any atom is -0.318 e. The van der Waals surface area contributed by atoms with Crippen LogP contribution in [0.5, 0.6) is 0 Å². The van der Waals surface area contributed by atoms with Gasteiger partial charge in [0, 0.05) is 5.92 Å². The Morgan fingerprint density at radius 2 is 1.73 bits per heavy atom. The van der Waals surface area contributed by atoms with Gasteiger partial charge in [-0.05, 0) is 18.4 Å². The Morgan fingerprint density at radius 1 is 1.20 bits per heavy atom. The first kappa shape index (κ1) is 11.9. The highest BCUT2D eigenvalue weighted by Gasteiger charge is 2.22. The number of Topliss-reactive ketones (excluding diaryl/α,β-unsaturated/α-hetero) is 1. The quantitative estimate of drug-likeness (QED) is 0.803. The molecule has 1 atom stereocenters. The molecule has 0 amide bonds. The predicted octanol–water partition coefficient (Wildman–Crippen LogP) is 2.69. The third-order valence-electron chi connectivity index (χ3n) is 2.85. The lowest BCUT2D eigenvalue weighted by Gasteiger charge is -2.17. The van der Waals surface area contributed by atoms with E-state index in [0.29, 0.717) is 0 Å². The molecule has 0 saturated carbocycles. The molecular weight excluding hydrogens is 186 g/mol. The van der Waals surface area contributed by atoms with Crippen LogP contribution < -0.4 is 5.73 Å². The molecule has 0 radical (unpaired) electrons. The van der Waals surface area contributed by atoms with Crippen molar-refractivity contribution < 1.29 is 4.79 Å². The summed E-state index contributed by atoms with van der Waals surface area (Å²) in [6.45, 7) is 4.06. The lowest BCUT2D eigenvalue weighted by atomic mass is 9.90. The smallest absolute Gasteiger partial charge is 0.157 e. The molecule has 1 aromatic carbocycles. The van der Waals surface area contributed by atoms with E-state index >= 15 is 0 Å². The number of carbonyl (C=O) groups is 1. The molecule has 0 spiro atoms. The van der Waals surface area contributed by atoms with Gasteiger partial charge >= 0.3 is 0 Å². The fourth-order valence-electron chi connectivity index (χ4n) is 1.77. The third kappa shape index (κ3) is 2.90. The van der Waals surface area contributed by atoms with Crippen molar-refractivity contribution in [2.75, 3.05) is 0 Å². The number of hydrogen-bond acceptors (Lipinski definition) is 2. The molecule has 0 heterocycles. The maximum atomic E-state index is 12.0. The number of benzene rings is 1. The van der Waals surface area contributed by atoms with E-state index in [4.69, 9.17) is 5.73 Å². The van der Waals surface area contributed by atoms with Crippen LogP contribution in [0.25, 0.3) is 0 Å². The van der Waals surface area contributed by atoms with Crippen LogP contribution in [-0.4, -0.2) is 5.78 Å². The molecule has 15 heavy (non-hydrogen) atoms. The van der Waals surface area contributed by atoms with Crippen molar-refractivity contribution in [1.82, 2.24) is 0 Å². The van der Waals surface area contributed by atoms with Crippen molar-refractivity contribution in [1.29, 1.82) is 0 Å². The van der Waals surface area contributed by atoms with Crippen LogP contribution in [0.15, 0.2) is 30.3 Å². The Labute approximate surface area is 91.5 Å². The highest BCUT2D eigenvalue weighted by Crippen LogP contribution is 2.19. The summed E-state index contributed by atoms with van der Waals surface area (Å²) in [7, 11) is 0. The van der Waals surface area contributed by atoms with Gasteiger partial charge in [-0.2, -0.15) is 0 Å². The summed E-state index contributed by atoms with van der Waals surface area (Å²) in [5.74, 6) is 0.256. The van der Waals surface area contributed by atoms with Crippen LogP contribution in [0.4, 0.5) is 0 Å². The number of nitrogens with two attached hydrogens (primary N) is 1. The molecule has 2 heteroatoms. The zero-order valence-corrected chi connectivity index (χ0v) is 9.44. The molecule has 82 valence electrons. The summed E-state index contributed by atoms with van der Waals surface area (Å²) in [6.07, 6.45) is 1.74. The molecule has 2 nitrogen and oxygen atoms in total. The van der Waals surface area contributed by atoms with E-state index in [9.17, 15) is 4.79 Å². The van der Waals surface area contributed by atoms with Crippen molar-refractivity contribution >= 4 is 5.78 Å². The van der Waals surface area contributed by atoms with Crippen molar-refractivity contribution in [3.8, 4) is 0 Å². The van der Waals surface area contributed by atoms with Gasteiger partial charge in [0.15, 0.2) is 5.78 Å². The van der Waals surface area contributed by atoms with Gasteiger partial charge in [0.25, 0.3) is 0 Å². The standard InChI is InChI=1S/C13H19NO/c1-3-10(4-2)13(15)12(14)11-8-6-5-7-9-11/h5-10,12H,3-4,14H2,1-2H3/t12-/m0/s1. The van der Waals surface area contributed by atoms with E-state index in [1.807, 2.05) is 44.2 Å². The van der Waals surface area contributed by atoms with Crippen LogP contribution >= 0.6 is 0 Å². The first-order chi connectivity index (χ1) is 7.20. The van der Waals surface area contributed by atoms with Crippen molar-refractivity contribution in [3.05, 3.63) is 35.9 Å². The molecule has 0 bridgehead atoms. The summed E-state index contributed by atoms with van der Waals surface area (Å²) < 4.78 is 0. The summed E-state index contributed by atoms with van der Waals surface area (Å²) in [5.41, 5.74) is 6.85. The van der Waals surface area contributed by atoms with Crippen LogP contribution in [0.3, 0.4) is 0 Å². The second-order valence-electron chi connectivity index (χ2n) is 3.80. The molecule has 1 aromatic rings. The lowest BCUT2D eigenvalue weighted by Crippen LogP contribution is -2.27. The average Bonchev–Trinajstić information content (AvgIpc) is 2.30. The molecule has 0 saturated heterocycles. The maximum absolute atomic E-state index is 12.0. The van der Waals surface area contributed by atoms with Crippen LogP contribution in [0.1, 0.15) is 38.3 Å². The lowest BCUT2D eigenvalue weighted by molar-refractivity contribution is -0.124. The van der Waals surface area contributed by atoms with Gasteiger partial charge in [-0.15, -0.1) is 0 Å². The fourth-order valence-corrected chi connectivity index (χ4v) is 1.77. The highest BCUT2D eigenvalue weighted by atomic mass is 16.1. The minimum absolute atomic E-state index is 0.0974. The largest absolute Gasteiger partial charge is 0.318 e. The second kappa shape index (κ2) is 5.66. The van der Waals surface area contributed by atoms with Crippen LogP contribution in [0, 0.1) is 5.92 Å². The molecule has 0 aliphatic rings. The van der Waals surface area contributed by atoms with Crippen LogP contribution in [0.2, 0.25) is 0 Å². The third-order valence-corrected chi connectivity index (χ3v) is 2.85. The van der Waals surface area contributed by atoms with E-state index in [1.54, 1.807) is 0 Å². The van der Waals surface area contributed by atoms with Gasteiger partial charge in [0.1, 0.15) is 0 Å². The van der Waals surface area contributed by atoms with Gasteiger partial charge in [-0.3, -0.25) is 4.79 Å². The van der Waals surface area contributed by atoms with Crippen LogP contribution in [-0.2, 0) is 4.79 Å². The minimum atomic E-state index is -0.462. The Hall–Kier alpha value is -1.15.